The number of nitrogens with one attached hydrogen (secondary N) is 1. The Morgan fingerprint density at radius 3 is 2.96 bits per heavy atom. The van der Waals surface area contributed by atoms with Gasteiger partial charge in [-0.2, -0.15) is 0 Å². The molecule has 134 valence electrons. The molecule has 3 rings (SSSR count). The van der Waals surface area contributed by atoms with Crippen molar-refractivity contribution in [3.8, 4) is 0 Å². The Hall–Kier alpha value is -1.61. The van der Waals surface area contributed by atoms with Gasteiger partial charge in [0.15, 0.2) is 0 Å². The van der Waals surface area contributed by atoms with E-state index in [1.54, 1.807) is 12.1 Å². The Morgan fingerprint density at radius 1 is 1.36 bits per heavy atom. The number of carbonyl (C=O) groups is 1. The molecule has 2 heterocycles. The molecule has 1 aromatic heterocycles. The zero-order valence-electron chi connectivity index (χ0n) is 13.8. The number of benzene rings is 1. The molecule has 25 heavy (non-hydrogen) atoms. The molecule has 0 atom stereocenters. The van der Waals surface area contributed by atoms with Gasteiger partial charge in [0.1, 0.15) is 0 Å². The van der Waals surface area contributed by atoms with Gasteiger partial charge >= 0.3 is 0 Å². The summed E-state index contributed by atoms with van der Waals surface area (Å²) in [7, 11) is 0. The maximum atomic E-state index is 12.1. The zero-order valence-corrected chi connectivity index (χ0v) is 15.4. The summed E-state index contributed by atoms with van der Waals surface area (Å²) in [6, 6.07) is 5.38. The van der Waals surface area contributed by atoms with Crippen molar-refractivity contribution < 1.29 is 13.9 Å². The third kappa shape index (κ3) is 5.43. The van der Waals surface area contributed by atoms with E-state index in [4.69, 9.17) is 20.8 Å². The Labute approximate surface area is 155 Å². The van der Waals surface area contributed by atoms with Crippen LogP contribution in [-0.2, 0) is 16.1 Å². The number of anilines is 1. The van der Waals surface area contributed by atoms with E-state index >= 15 is 0 Å². The molecule has 1 aliphatic heterocycles. The SMILES string of the molecule is Cc1ccc(Cl)cc1NC(=O)CSc1nnc(CN2CCOCC2)o1. The van der Waals surface area contributed by atoms with Gasteiger partial charge in [-0.1, -0.05) is 29.4 Å². The molecule has 0 unspecified atom stereocenters. The number of thioether (sulfide) groups is 1. The number of carbonyl (C=O) groups excluding carboxylic acids is 1. The number of hydrogen-bond donors (Lipinski definition) is 1. The van der Waals surface area contributed by atoms with Crippen LogP contribution in [-0.4, -0.2) is 53.1 Å². The third-order valence-corrected chi connectivity index (χ3v) is 4.76. The third-order valence-electron chi connectivity index (χ3n) is 3.71. The van der Waals surface area contributed by atoms with Gasteiger partial charge in [-0.3, -0.25) is 9.69 Å². The molecule has 0 radical (unpaired) electrons. The van der Waals surface area contributed by atoms with Gasteiger partial charge in [0.05, 0.1) is 25.5 Å². The Bertz CT molecular complexity index is 734. The van der Waals surface area contributed by atoms with Crippen LogP contribution < -0.4 is 5.32 Å². The van der Waals surface area contributed by atoms with Gasteiger partial charge in [-0.25, -0.2) is 0 Å². The van der Waals surface area contributed by atoms with Gasteiger partial charge in [-0.15, -0.1) is 10.2 Å². The minimum absolute atomic E-state index is 0.150. The van der Waals surface area contributed by atoms with E-state index in [2.05, 4.69) is 20.4 Å². The minimum Gasteiger partial charge on any atom is -0.415 e. The van der Waals surface area contributed by atoms with Crippen LogP contribution in [0.3, 0.4) is 0 Å². The number of aryl methyl sites for hydroxylation is 1. The molecule has 9 heteroatoms. The molecule has 0 spiro atoms. The van der Waals surface area contributed by atoms with Crippen LogP contribution in [0.2, 0.25) is 5.02 Å². The second-order valence-electron chi connectivity index (χ2n) is 5.65. The average Bonchev–Trinajstić information content (AvgIpc) is 3.05. The van der Waals surface area contributed by atoms with E-state index in [1.807, 2.05) is 13.0 Å². The highest BCUT2D eigenvalue weighted by molar-refractivity contribution is 7.99. The van der Waals surface area contributed by atoms with Gasteiger partial charge in [-0.05, 0) is 24.6 Å². The standard InChI is InChI=1S/C16H19ClN4O3S/c1-11-2-3-12(17)8-13(11)18-14(22)10-25-16-20-19-15(24-16)9-21-4-6-23-7-5-21/h2-3,8H,4-7,9-10H2,1H3,(H,18,22). The number of halogens is 1. The molecule has 1 aromatic carbocycles. The van der Waals surface area contributed by atoms with Crippen LogP contribution in [0.1, 0.15) is 11.5 Å². The molecule has 1 aliphatic rings. The predicted molar refractivity (Wildman–Crippen MR) is 95.9 cm³/mol. The Kier molecular flexibility index (Phi) is 6.30. The van der Waals surface area contributed by atoms with Crippen LogP contribution in [0.4, 0.5) is 5.69 Å². The van der Waals surface area contributed by atoms with Crippen molar-refractivity contribution in [1.29, 1.82) is 0 Å². The monoisotopic (exact) mass is 382 g/mol. The van der Waals surface area contributed by atoms with E-state index in [-0.39, 0.29) is 11.7 Å². The highest BCUT2D eigenvalue weighted by Gasteiger charge is 2.15. The summed E-state index contributed by atoms with van der Waals surface area (Å²) in [5.74, 6) is 0.587. The number of aromatic nitrogens is 2. The van der Waals surface area contributed by atoms with Crippen LogP contribution >= 0.6 is 23.4 Å². The van der Waals surface area contributed by atoms with Crippen molar-refractivity contribution in [3.63, 3.8) is 0 Å². The molecule has 0 aliphatic carbocycles. The predicted octanol–water partition coefficient (Wildman–Crippen LogP) is 2.59. The average molecular weight is 383 g/mol. The number of rotatable bonds is 6. The fourth-order valence-corrected chi connectivity index (χ4v) is 3.11. The highest BCUT2D eigenvalue weighted by Crippen LogP contribution is 2.22. The molecule has 0 bridgehead atoms. The summed E-state index contributed by atoms with van der Waals surface area (Å²) < 4.78 is 10.9. The van der Waals surface area contributed by atoms with E-state index in [0.717, 1.165) is 31.9 Å². The summed E-state index contributed by atoms with van der Waals surface area (Å²) in [6.45, 7) is 5.66. The molecule has 1 saturated heterocycles. The molecule has 2 aromatic rings. The van der Waals surface area contributed by atoms with Crippen molar-refractivity contribution in [2.45, 2.75) is 18.7 Å². The fraction of sp³-hybridized carbons (Fsp3) is 0.438. The molecular formula is C16H19ClN4O3S. The minimum atomic E-state index is -0.150. The topological polar surface area (TPSA) is 80.5 Å². The first kappa shape index (κ1) is 18.2. The van der Waals surface area contributed by atoms with Crippen LogP contribution in [0.5, 0.6) is 0 Å². The van der Waals surface area contributed by atoms with Gasteiger partial charge in [0, 0.05) is 23.8 Å². The van der Waals surface area contributed by atoms with Crippen molar-refractivity contribution in [2.75, 3.05) is 37.4 Å². The lowest BCUT2D eigenvalue weighted by Crippen LogP contribution is -2.35. The van der Waals surface area contributed by atoms with Gasteiger partial charge in [0.25, 0.3) is 5.22 Å². The lowest BCUT2D eigenvalue weighted by molar-refractivity contribution is -0.113. The lowest BCUT2D eigenvalue weighted by Gasteiger charge is -2.24. The highest BCUT2D eigenvalue weighted by atomic mass is 35.5. The largest absolute Gasteiger partial charge is 0.415 e. The number of hydrogen-bond acceptors (Lipinski definition) is 7. The summed E-state index contributed by atoms with van der Waals surface area (Å²) in [5.41, 5.74) is 1.66. The van der Waals surface area contributed by atoms with E-state index < -0.39 is 0 Å². The van der Waals surface area contributed by atoms with Gasteiger partial charge < -0.3 is 14.5 Å². The van der Waals surface area contributed by atoms with Crippen molar-refractivity contribution >= 4 is 35.0 Å². The summed E-state index contributed by atoms with van der Waals surface area (Å²) >= 11 is 7.17. The second kappa shape index (κ2) is 8.66. The fourth-order valence-electron chi connectivity index (χ4n) is 2.35. The van der Waals surface area contributed by atoms with Crippen molar-refractivity contribution in [3.05, 3.63) is 34.7 Å². The van der Waals surface area contributed by atoms with Crippen LogP contribution in [0, 0.1) is 6.92 Å². The number of ether oxygens (including phenoxy) is 1. The first-order chi connectivity index (χ1) is 12.1. The maximum Gasteiger partial charge on any atom is 0.277 e. The first-order valence-electron chi connectivity index (χ1n) is 7.91. The summed E-state index contributed by atoms with van der Waals surface area (Å²) in [6.07, 6.45) is 0. The normalized spacial score (nSPS) is 15.3. The van der Waals surface area contributed by atoms with Gasteiger partial charge in [0.2, 0.25) is 11.8 Å². The molecule has 1 amide bonds. The maximum absolute atomic E-state index is 12.1. The second-order valence-corrected chi connectivity index (χ2v) is 7.01. The summed E-state index contributed by atoms with van der Waals surface area (Å²) in [4.78, 5) is 14.3. The molecule has 1 N–H and O–H groups in total. The van der Waals surface area contributed by atoms with Crippen LogP contribution in [0.25, 0.3) is 0 Å². The Balaban J connectivity index is 1.48. The van der Waals surface area contributed by atoms with Crippen molar-refractivity contribution in [2.24, 2.45) is 0 Å². The number of nitrogens with zero attached hydrogens (tertiary/aromatic N) is 3. The summed E-state index contributed by atoms with van der Waals surface area (Å²) in [5, 5.41) is 11.8. The molecule has 0 saturated carbocycles. The first-order valence-corrected chi connectivity index (χ1v) is 9.28. The zero-order chi connectivity index (χ0) is 17.6. The molecular weight excluding hydrogens is 364 g/mol. The number of morpholine rings is 1. The Morgan fingerprint density at radius 2 is 2.16 bits per heavy atom. The van der Waals surface area contributed by atoms with E-state index in [1.165, 1.54) is 11.8 Å². The lowest BCUT2D eigenvalue weighted by atomic mass is 10.2. The van der Waals surface area contributed by atoms with Crippen molar-refractivity contribution in [1.82, 2.24) is 15.1 Å². The van der Waals surface area contributed by atoms with E-state index in [9.17, 15) is 4.79 Å². The van der Waals surface area contributed by atoms with E-state index in [0.29, 0.717) is 28.4 Å². The quantitative estimate of drug-likeness (QED) is 0.769. The number of amides is 1. The smallest absolute Gasteiger partial charge is 0.277 e. The molecule has 1 fully saturated rings. The van der Waals surface area contributed by atoms with Crippen LogP contribution in [0.15, 0.2) is 27.8 Å². The molecule has 7 nitrogen and oxygen atoms in total.